The summed E-state index contributed by atoms with van der Waals surface area (Å²) in [6.45, 7) is 1.91. The number of pyridine rings is 1. The zero-order chi connectivity index (χ0) is 9.42. The molecule has 2 aromatic heterocycles. The average Bonchev–Trinajstić information content (AvgIpc) is 2.43. The van der Waals surface area contributed by atoms with E-state index in [2.05, 4.69) is 20.9 Å². The van der Waals surface area contributed by atoms with Gasteiger partial charge < -0.3 is 9.51 Å². The summed E-state index contributed by atoms with van der Waals surface area (Å²) >= 11 is 3.41. The molecule has 0 aliphatic rings. The number of aryl methyl sites for hydroxylation is 1. The van der Waals surface area contributed by atoms with Crippen molar-refractivity contribution >= 4 is 21.6 Å². The molecule has 68 valence electrons. The largest absolute Gasteiger partial charge is 0.390 e. The van der Waals surface area contributed by atoms with E-state index in [0.717, 1.165) is 21.5 Å². The van der Waals surface area contributed by atoms with E-state index < -0.39 is 0 Å². The van der Waals surface area contributed by atoms with Crippen LogP contribution in [0.2, 0.25) is 0 Å². The topological polar surface area (TPSA) is 37.5 Å². The molecule has 0 saturated carbocycles. The Labute approximate surface area is 84.2 Å². The lowest BCUT2D eigenvalue weighted by atomic mass is 10.3. The number of rotatable bonds is 1. The molecular formula is C9H9BrN2O. The molecule has 2 rings (SSSR count). The fourth-order valence-corrected chi connectivity index (χ4v) is 1.82. The predicted molar refractivity (Wildman–Crippen MR) is 53.6 cm³/mol. The van der Waals surface area contributed by atoms with E-state index in [0.29, 0.717) is 0 Å². The van der Waals surface area contributed by atoms with Gasteiger partial charge in [0, 0.05) is 6.20 Å². The summed E-state index contributed by atoms with van der Waals surface area (Å²) in [5.41, 5.74) is 2.56. The summed E-state index contributed by atoms with van der Waals surface area (Å²) in [5.74, 6) is 0. The Hall–Kier alpha value is -0.870. The van der Waals surface area contributed by atoms with Crippen molar-refractivity contribution < 1.29 is 5.11 Å². The molecule has 0 unspecified atom stereocenters. The number of aliphatic hydroxyl groups is 1. The first kappa shape index (κ1) is 8.72. The first-order valence-electron chi connectivity index (χ1n) is 3.97. The summed E-state index contributed by atoms with van der Waals surface area (Å²) in [6.07, 6.45) is 1.89. The summed E-state index contributed by atoms with van der Waals surface area (Å²) in [5, 5.41) is 9.12. The van der Waals surface area contributed by atoms with Crippen molar-refractivity contribution in [3.05, 3.63) is 34.2 Å². The second kappa shape index (κ2) is 3.12. The van der Waals surface area contributed by atoms with Crippen LogP contribution < -0.4 is 0 Å². The van der Waals surface area contributed by atoms with Gasteiger partial charge in [0.25, 0.3) is 0 Å². The summed E-state index contributed by atoms with van der Waals surface area (Å²) in [7, 11) is 0. The lowest BCUT2D eigenvalue weighted by molar-refractivity contribution is 0.275. The molecule has 2 heterocycles. The van der Waals surface area contributed by atoms with Crippen LogP contribution in [0.3, 0.4) is 0 Å². The van der Waals surface area contributed by atoms with E-state index in [4.69, 9.17) is 5.11 Å². The number of imidazole rings is 1. The first-order chi connectivity index (χ1) is 6.24. The van der Waals surface area contributed by atoms with Gasteiger partial charge in [0.15, 0.2) is 5.65 Å². The highest BCUT2D eigenvalue weighted by molar-refractivity contribution is 9.10. The molecule has 3 nitrogen and oxygen atoms in total. The van der Waals surface area contributed by atoms with Gasteiger partial charge in [-0.3, -0.25) is 0 Å². The maximum absolute atomic E-state index is 9.12. The fourth-order valence-electron chi connectivity index (χ4n) is 1.39. The third-order valence-corrected chi connectivity index (χ3v) is 2.67. The molecule has 2 aromatic rings. The third-order valence-electron chi connectivity index (χ3n) is 2.05. The van der Waals surface area contributed by atoms with Crippen LogP contribution in [-0.2, 0) is 6.61 Å². The zero-order valence-corrected chi connectivity index (χ0v) is 8.74. The lowest BCUT2D eigenvalue weighted by Crippen LogP contribution is -1.93. The van der Waals surface area contributed by atoms with E-state index in [1.807, 2.05) is 29.7 Å². The first-order valence-corrected chi connectivity index (χ1v) is 4.76. The second-order valence-electron chi connectivity index (χ2n) is 2.85. The van der Waals surface area contributed by atoms with Gasteiger partial charge in [0.1, 0.15) is 0 Å². The Morgan fingerprint density at radius 3 is 3.08 bits per heavy atom. The molecule has 0 bridgehead atoms. The monoisotopic (exact) mass is 240 g/mol. The Bertz CT molecular complexity index is 450. The highest BCUT2D eigenvalue weighted by Gasteiger charge is 2.08. The molecule has 0 atom stereocenters. The van der Waals surface area contributed by atoms with Gasteiger partial charge in [-0.1, -0.05) is 0 Å². The van der Waals surface area contributed by atoms with Crippen molar-refractivity contribution in [3.63, 3.8) is 0 Å². The molecule has 0 fully saturated rings. The number of hydrogen-bond donors (Lipinski definition) is 1. The minimum Gasteiger partial charge on any atom is -0.390 e. The van der Waals surface area contributed by atoms with Gasteiger partial charge in [0.05, 0.1) is 22.5 Å². The number of aliphatic hydroxyl groups excluding tert-OH is 1. The smallest absolute Gasteiger partial charge is 0.151 e. The molecular weight excluding hydrogens is 232 g/mol. The van der Waals surface area contributed by atoms with Crippen LogP contribution >= 0.6 is 15.9 Å². The third kappa shape index (κ3) is 1.26. The fraction of sp³-hybridized carbons (Fsp3) is 0.222. The highest BCUT2D eigenvalue weighted by Crippen LogP contribution is 2.19. The summed E-state index contributed by atoms with van der Waals surface area (Å²) in [6, 6.07) is 3.85. The normalized spacial score (nSPS) is 11.0. The molecule has 0 aromatic carbocycles. The van der Waals surface area contributed by atoms with Crippen molar-refractivity contribution in [2.75, 3.05) is 0 Å². The van der Waals surface area contributed by atoms with Crippen molar-refractivity contribution in [3.8, 4) is 0 Å². The van der Waals surface area contributed by atoms with Crippen LogP contribution in [-0.4, -0.2) is 14.5 Å². The minimum absolute atomic E-state index is 0.0173. The van der Waals surface area contributed by atoms with Gasteiger partial charge >= 0.3 is 0 Å². The Morgan fingerprint density at radius 1 is 1.62 bits per heavy atom. The average molecular weight is 241 g/mol. The maximum atomic E-state index is 9.12. The van der Waals surface area contributed by atoms with E-state index >= 15 is 0 Å². The number of halogens is 1. The molecule has 0 saturated heterocycles. The molecule has 0 amide bonds. The number of fused-ring (bicyclic) bond motifs is 1. The minimum atomic E-state index is 0.0173. The van der Waals surface area contributed by atoms with Crippen LogP contribution in [0.5, 0.6) is 0 Å². The highest BCUT2D eigenvalue weighted by atomic mass is 79.9. The summed E-state index contributed by atoms with van der Waals surface area (Å²) < 4.78 is 2.83. The number of hydrogen-bond acceptors (Lipinski definition) is 2. The molecule has 13 heavy (non-hydrogen) atoms. The lowest BCUT2D eigenvalue weighted by Gasteiger charge is -1.98. The Kier molecular flexibility index (Phi) is 2.09. The van der Waals surface area contributed by atoms with Gasteiger partial charge in [-0.05, 0) is 35.0 Å². The Morgan fingerprint density at radius 2 is 2.38 bits per heavy atom. The van der Waals surface area contributed by atoms with Crippen LogP contribution in [0.4, 0.5) is 0 Å². The molecule has 4 heteroatoms. The van der Waals surface area contributed by atoms with Crippen molar-refractivity contribution in [1.29, 1.82) is 0 Å². The quantitative estimate of drug-likeness (QED) is 0.827. The Balaban J connectivity index is 2.86. The maximum Gasteiger partial charge on any atom is 0.151 e. The van der Waals surface area contributed by atoms with Crippen LogP contribution in [0.15, 0.2) is 22.8 Å². The molecule has 0 aliphatic heterocycles. The van der Waals surface area contributed by atoms with E-state index in [9.17, 15) is 0 Å². The number of aromatic nitrogens is 2. The van der Waals surface area contributed by atoms with E-state index in [1.165, 1.54) is 0 Å². The van der Waals surface area contributed by atoms with E-state index in [-0.39, 0.29) is 6.61 Å². The molecule has 0 aliphatic carbocycles. The van der Waals surface area contributed by atoms with Gasteiger partial charge in [0.2, 0.25) is 0 Å². The SMILES string of the molecule is Cc1nc2c(Br)cccn2c1CO. The standard InChI is InChI=1S/C9H9BrN2O/c1-6-8(5-13)12-4-2-3-7(10)9(12)11-6/h2-4,13H,5H2,1H3. The summed E-state index contributed by atoms with van der Waals surface area (Å²) in [4.78, 5) is 4.34. The number of nitrogens with zero attached hydrogens (tertiary/aromatic N) is 2. The van der Waals surface area contributed by atoms with Crippen molar-refractivity contribution in [2.24, 2.45) is 0 Å². The van der Waals surface area contributed by atoms with Gasteiger partial charge in [-0.2, -0.15) is 0 Å². The van der Waals surface area contributed by atoms with Crippen LogP contribution in [0, 0.1) is 6.92 Å². The van der Waals surface area contributed by atoms with E-state index in [1.54, 1.807) is 0 Å². The van der Waals surface area contributed by atoms with Crippen molar-refractivity contribution in [2.45, 2.75) is 13.5 Å². The van der Waals surface area contributed by atoms with Crippen LogP contribution in [0.1, 0.15) is 11.4 Å². The van der Waals surface area contributed by atoms with Gasteiger partial charge in [-0.15, -0.1) is 0 Å². The second-order valence-corrected chi connectivity index (χ2v) is 3.71. The molecule has 0 radical (unpaired) electrons. The molecule has 0 spiro atoms. The zero-order valence-electron chi connectivity index (χ0n) is 7.16. The predicted octanol–water partition coefficient (Wildman–Crippen LogP) is 1.90. The van der Waals surface area contributed by atoms with Crippen LogP contribution in [0.25, 0.3) is 5.65 Å². The molecule has 1 N–H and O–H groups in total. The van der Waals surface area contributed by atoms with Crippen molar-refractivity contribution in [1.82, 2.24) is 9.38 Å². The van der Waals surface area contributed by atoms with Gasteiger partial charge in [-0.25, -0.2) is 4.98 Å².